The van der Waals surface area contributed by atoms with Gasteiger partial charge in [-0.1, -0.05) is 12.1 Å². The lowest BCUT2D eigenvalue weighted by Gasteiger charge is -2.13. The lowest BCUT2D eigenvalue weighted by Crippen LogP contribution is -2.27. The molecule has 0 aliphatic heterocycles. The number of aromatic nitrogens is 1. The number of aryl methyl sites for hydroxylation is 3. The van der Waals surface area contributed by atoms with Gasteiger partial charge in [0.1, 0.15) is 12.4 Å². The van der Waals surface area contributed by atoms with E-state index >= 15 is 0 Å². The Kier molecular flexibility index (Phi) is 4.81. The van der Waals surface area contributed by atoms with Gasteiger partial charge in [-0.05, 0) is 71.6 Å². The Balaban J connectivity index is 1.95. The van der Waals surface area contributed by atoms with Crippen molar-refractivity contribution in [2.24, 2.45) is 0 Å². The summed E-state index contributed by atoms with van der Waals surface area (Å²) in [6, 6.07) is 9.55. The van der Waals surface area contributed by atoms with Crippen molar-refractivity contribution in [1.29, 1.82) is 0 Å². The molecule has 3 aromatic rings. The minimum absolute atomic E-state index is 0.272. The Hall–Kier alpha value is -2.34. The first-order valence-electron chi connectivity index (χ1n) is 7.90. The van der Waals surface area contributed by atoms with Gasteiger partial charge in [0.25, 0.3) is 0 Å². The SMILES string of the molecule is Cc1ccc(C)c(OCCn2c(=O)oc(=O)c3cc(C)cc(Br)c32)c1. The molecule has 1 aromatic heterocycles. The number of fused-ring (bicyclic) bond motifs is 1. The van der Waals surface area contributed by atoms with E-state index in [4.69, 9.17) is 9.15 Å². The summed E-state index contributed by atoms with van der Waals surface area (Å²) in [6.45, 7) is 6.40. The van der Waals surface area contributed by atoms with E-state index in [0.29, 0.717) is 15.4 Å². The first-order valence-corrected chi connectivity index (χ1v) is 8.70. The zero-order valence-corrected chi connectivity index (χ0v) is 15.8. The molecule has 0 saturated heterocycles. The number of hydrogen-bond donors (Lipinski definition) is 0. The van der Waals surface area contributed by atoms with Crippen LogP contribution >= 0.6 is 15.9 Å². The second-order valence-corrected chi connectivity index (χ2v) is 6.92. The van der Waals surface area contributed by atoms with Gasteiger partial charge < -0.3 is 9.15 Å². The lowest BCUT2D eigenvalue weighted by molar-refractivity contribution is 0.285. The minimum atomic E-state index is -0.688. The molecule has 6 heteroatoms. The van der Waals surface area contributed by atoms with Crippen molar-refractivity contribution in [3.63, 3.8) is 0 Å². The monoisotopic (exact) mass is 403 g/mol. The molecule has 0 atom stereocenters. The number of benzene rings is 2. The fourth-order valence-corrected chi connectivity index (χ4v) is 3.55. The molecule has 0 bridgehead atoms. The summed E-state index contributed by atoms with van der Waals surface area (Å²) < 4.78 is 12.8. The molecule has 0 N–H and O–H groups in total. The predicted octanol–water partition coefficient (Wildman–Crippen LogP) is 3.72. The highest BCUT2D eigenvalue weighted by atomic mass is 79.9. The molecule has 0 fully saturated rings. The Labute approximate surface area is 153 Å². The smallest absolute Gasteiger partial charge is 0.422 e. The van der Waals surface area contributed by atoms with Gasteiger partial charge in [-0.2, -0.15) is 0 Å². The fourth-order valence-electron chi connectivity index (χ4n) is 2.76. The van der Waals surface area contributed by atoms with E-state index in [-0.39, 0.29) is 13.2 Å². The van der Waals surface area contributed by atoms with Gasteiger partial charge in [0.05, 0.1) is 17.4 Å². The normalized spacial score (nSPS) is 11.0. The standard InChI is InChI=1S/C19H18BrNO4/c1-11-4-5-13(3)16(10-11)24-7-6-21-17-14(18(22)25-19(21)23)8-12(2)9-15(17)20/h4-5,8-10H,6-7H2,1-3H3. The summed E-state index contributed by atoms with van der Waals surface area (Å²) in [6.07, 6.45) is 0. The number of rotatable bonds is 4. The number of nitrogens with zero attached hydrogens (tertiary/aromatic N) is 1. The van der Waals surface area contributed by atoms with E-state index in [1.54, 1.807) is 6.07 Å². The lowest BCUT2D eigenvalue weighted by atomic mass is 10.1. The van der Waals surface area contributed by atoms with Gasteiger partial charge in [-0.25, -0.2) is 9.59 Å². The van der Waals surface area contributed by atoms with Crippen LogP contribution in [0.2, 0.25) is 0 Å². The minimum Gasteiger partial charge on any atom is -0.491 e. The molecule has 0 spiro atoms. The van der Waals surface area contributed by atoms with Crippen LogP contribution in [0.4, 0.5) is 0 Å². The highest BCUT2D eigenvalue weighted by Gasteiger charge is 2.13. The number of ether oxygens (including phenoxy) is 1. The molecule has 3 rings (SSSR count). The fraction of sp³-hybridized carbons (Fsp3) is 0.263. The molecule has 0 saturated carbocycles. The van der Waals surface area contributed by atoms with Crippen LogP contribution in [0.1, 0.15) is 16.7 Å². The molecule has 0 aliphatic rings. The van der Waals surface area contributed by atoms with Crippen molar-refractivity contribution in [2.45, 2.75) is 27.3 Å². The zero-order valence-electron chi connectivity index (χ0n) is 14.3. The molecule has 2 aromatic carbocycles. The Morgan fingerprint density at radius 3 is 2.60 bits per heavy atom. The van der Waals surface area contributed by atoms with Crippen LogP contribution in [0, 0.1) is 20.8 Å². The molecule has 0 aliphatic carbocycles. The van der Waals surface area contributed by atoms with Crippen LogP contribution in [0.5, 0.6) is 5.75 Å². The Morgan fingerprint density at radius 2 is 1.84 bits per heavy atom. The van der Waals surface area contributed by atoms with Crippen LogP contribution in [0.25, 0.3) is 10.9 Å². The van der Waals surface area contributed by atoms with Crippen LogP contribution < -0.4 is 16.1 Å². The Bertz CT molecular complexity index is 1070. The van der Waals surface area contributed by atoms with Gasteiger partial charge in [-0.15, -0.1) is 0 Å². The van der Waals surface area contributed by atoms with Crippen LogP contribution in [-0.2, 0) is 6.54 Å². The maximum Gasteiger partial charge on any atom is 0.422 e. The van der Waals surface area contributed by atoms with Crippen molar-refractivity contribution in [2.75, 3.05) is 6.61 Å². The molecular formula is C19H18BrNO4. The van der Waals surface area contributed by atoms with E-state index in [1.807, 2.05) is 45.0 Å². The summed E-state index contributed by atoms with van der Waals surface area (Å²) >= 11 is 3.44. The number of hydrogen-bond acceptors (Lipinski definition) is 4. The average molecular weight is 404 g/mol. The van der Waals surface area contributed by atoms with E-state index < -0.39 is 11.4 Å². The predicted molar refractivity (Wildman–Crippen MR) is 101 cm³/mol. The summed E-state index contributed by atoms with van der Waals surface area (Å²) in [4.78, 5) is 24.2. The van der Waals surface area contributed by atoms with Crippen LogP contribution in [0.15, 0.2) is 48.8 Å². The zero-order chi connectivity index (χ0) is 18.1. The van der Waals surface area contributed by atoms with Crippen LogP contribution in [-0.4, -0.2) is 11.2 Å². The third-order valence-electron chi connectivity index (χ3n) is 4.01. The first kappa shape index (κ1) is 17.5. The molecular weight excluding hydrogens is 386 g/mol. The van der Waals surface area contributed by atoms with Crippen molar-refractivity contribution < 1.29 is 9.15 Å². The van der Waals surface area contributed by atoms with Gasteiger partial charge >= 0.3 is 11.4 Å². The summed E-state index contributed by atoms with van der Waals surface area (Å²) in [5, 5.41) is 0.373. The molecule has 130 valence electrons. The average Bonchev–Trinajstić information content (AvgIpc) is 2.54. The second-order valence-electron chi connectivity index (χ2n) is 6.07. The Morgan fingerprint density at radius 1 is 1.08 bits per heavy atom. The molecule has 1 heterocycles. The highest BCUT2D eigenvalue weighted by Crippen LogP contribution is 2.23. The third-order valence-corrected chi connectivity index (χ3v) is 4.62. The molecule has 0 amide bonds. The summed E-state index contributed by atoms with van der Waals surface area (Å²) in [5.74, 6) is 0.0938. The van der Waals surface area contributed by atoms with Crippen molar-refractivity contribution in [1.82, 2.24) is 4.57 Å². The highest BCUT2D eigenvalue weighted by molar-refractivity contribution is 9.10. The first-order chi connectivity index (χ1) is 11.9. The van der Waals surface area contributed by atoms with E-state index in [0.717, 1.165) is 22.4 Å². The van der Waals surface area contributed by atoms with E-state index in [2.05, 4.69) is 15.9 Å². The molecule has 0 radical (unpaired) electrons. The molecule has 25 heavy (non-hydrogen) atoms. The van der Waals surface area contributed by atoms with Gasteiger partial charge in [0.2, 0.25) is 0 Å². The van der Waals surface area contributed by atoms with Crippen molar-refractivity contribution in [3.8, 4) is 5.75 Å². The molecule has 0 unspecified atom stereocenters. The van der Waals surface area contributed by atoms with E-state index in [1.165, 1.54) is 4.57 Å². The number of halogens is 1. The van der Waals surface area contributed by atoms with Crippen LogP contribution in [0.3, 0.4) is 0 Å². The van der Waals surface area contributed by atoms with Crippen molar-refractivity contribution >= 4 is 26.8 Å². The van der Waals surface area contributed by atoms with Gasteiger partial charge in [-0.3, -0.25) is 4.57 Å². The maximum atomic E-state index is 12.2. The van der Waals surface area contributed by atoms with Gasteiger partial charge in [0, 0.05) is 4.47 Å². The van der Waals surface area contributed by atoms with Gasteiger partial charge in [0.15, 0.2) is 0 Å². The summed E-state index contributed by atoms with van der Waals surface area (Å²) in [5.41, 5.74) is 2.93. The maximum absolute atomic E-state index is 12.2. The molecule has 5 nitrogen and oxygen atoms in total. The second kappa shape index (κ2) is 6.88. The quantitative estimate of drug-likeness (QED) is 0.665. The summed E-state index contributed by atoms with van der Waals surface area (Å²) in [7, 11) is 0. The largest absolute Gasteiger partial charge is 0.491 e. The topological polar surface area (TPSA) is 61.4 Å². The van der Waals surface area contributed by atoms with E-state index in [9.17, 15) is 9.59 Å². The van der Waals surface area contributed by atoms with Crippen molar-refractivity contribution in [3.05, 3.63) is 72.5 Å². The third kappa shape index (κ3) is 3.54.